The van der Waals surface area contributed by atoms with Gasteiger partial charge in [0.1, 0.15) is 6.61 Å². The van der Waals surface area contributed by atoms with Gasteiger partial charge in [0.05, 0.1) is 13.0 Å². The van der Waals surface area contributed by atoms with Gasteiger partial charge in [-0.25, -0.2) is 4.79 Å². The van der Waals surface area contributed by atoms with Crippen LogP contribution in [0.5, 0.6) is 0 Å². The van der Waals surface area contributed by atoms with Gasteiger partial charge >= 0.3 is 12.1 Å². The number of nitrogens with zero attached hydrogens (tertiary/aromatic N) is 1. The molecule has 1 aromatic rings. The van der Waals surface area contributed by atoms with E-state index in [0.717, 1.165) is 5.56 Å². The molecule has 1 aliphatic rings. The largest absolute Gasteiger partial charge is 0.469 e. The summed E-state index contributed by atoms with van der Waals surface area (Å²) in [6.45, 7) is 1.16. The number of benzene rings is 1. The van der Waals surface area contributed by atoms with Crippen LogP contribution in [0.3, 0.4) is 0 Å². The first kappa shape index (κ1) is 13.4. The molecule has 1 atom stereocenters. The van der Waals surface area contributed by atoms with Crippen molar-refractivity contribution in [2.75, 3.05) is 20.2 Å². The molecule has 0 radical (unpaired) electrons. The van der Waals surface area contributed by atoms with E-state index < -0.39 is 0 Å². The molecule has 1 heterocycles. The molecule has 0 aromatic heterocycles. The fourth-order valence-electron chi connectivity index (χ4n) is 2.10. The van der Waals surface area contributed by atoms with E-state index in [-0.39, 0.29) is 24.6 Å². The van der Waals surface area contributed by atoms with Crippen molar-refractivity contribution in [3.05, 3.63) is 35.9 Å². The van der Waals surface area contributed by atoms with E-state index in [1.165, 1.54) is 7.11 Å². The third-order valence-corrected chi connectivity index (χ3v) is 3.19. The van der Waals surface area contributed by atoms with Gasteiger partial charge in [0.15, 0.2) is 0 Å². The molecule has 0 unspecified atom stereocenters. The van der Waals surface area contributed by atoms with E-state index >= 15 is 0 Å². The number of carbonyl (C=O) groups excluding carboxylic acids is 2. The fourth-order valence-corrected chi connectivity index (χ4v) is 2.10. The summed E-state index contributed by atoms with van der Waals surface area (Å²) < 4.78 is 9.88. The molecule has 1 amide bonds. The predicted octanol–water partition coefficient (Wildman–Crippen LogP) is 1.82. The van der Waals surface area contributed by atoms with Gasteiger partial charge in [-0.2, -0.15) is 0 Å². The quantitative estimate of drug-likeness (QED) is 0.780. The summed E-state index contributed by atoms with van der Waals surface area (Å²) in [4.78, 5) is 24.7. The number of amides is 1. The molecule has 1 aliphatic heterocycles. The highest BCUT2D eigenvalue weighted by Gasteiger charge is 2.32. The van der Waals surface area contributed by atoms with Gasteiger partial charge in [-0.3, -0.25) is 4.79 Å². The number of methoxy groups -OCH3 is 1. The van der Waals surface area contributed by atoms with Crippen molar-refractivity contribution in [3.8, 4) is 0 Å². The van der Waals surface area contributed by atoms with Gasteiger partial charge in [0.25, 0.3) is 0 Å². The zero-order valence-corrected chi connectivity index (χ0v) is 10.9. The van der Waals surface area contributed by atoms with E-state index in [4.69, 9.17) is 4.74 Å². The maximum Gasteiger partial charge on any atom is 0.410 e. The first-order valence-electron chi connectivity index (χ1n) is 6.24. The third kappa shape index (κ3) is 3.47. The second-order valence-corrected chi connectivity index (χ2v) is 4.49. The van der Waals surface area contributed by atoms with Crippen LogP contribution >= 0.6 is 0 Å². The van der Waals surface area contributed by atoms with E-state index in [1.807, 2.05) is 30.3 Å². The van der Waals surface area contributed by atoms with Crippen LogP contribution in [0.2, 0.25) is 0 Å². The monoisotopic (exact) mass is 263 g/mol. The molecule has 102 valence electrons. The average molecular weight is 263 g/mol. The van der Waals surface area contributed by atoms with Crippen molar-refractivity contribution in [1.82, 2.24) is 4.90 Å². The van der Waals surface area contributed by atoms with Crippen molar-refractivity contribution < 1.29 is 19.1 Å². The summed E-state index contributed by atoms with van der Waals surface area (Å²) in [6.07, 6.45) is 0.253. The maximum absolute atomic E-state index is 11.8. The number of carbonyl (C=O) groups is 2. The lowest BCUT2D eigenvalue weighted by Gasteiger charge is -2.15. The van der Waals surface area contributed by atoms with Gasteiger partial charge < -0.3 is 14.4 Å². The highest BCUT2D eigenvalue weighted by Crippen LogP contribution is 2.18. The van der Waals surface area contributed by atoms with Crippen LogP contribution in [-0.2, 0) is 20.9 Å². The summed E-state index contributed by atoms with van der Waals surface area (Å²) in [5.41, 5.74) is 0.944. The van der Waals surface area contributed by atoms with Crippen LogP contribution in [0.15, 0.2) is 30.3 Å². The highest BCUT2D eigenvalue weighted by atomic mass is 16.6. The Morgan fingerprint density at radius 3 is 2.74 bits per heavy atom. The van der Waals surface area contributed by atoms with Crippen molar-refractivity contribution in [2.24, 2.45) is 5.92 Å². The lowest BCUT2D eigenvalue weighted by Crippen LogP contribution is -2.30. The fraction of sp³-hybridized carbons (Fsp3) is 0.429. The average Bonchev–Trinajstić information content (AvgIpc) is 2.95. The highest BCUT2D eigenvalue weighted by molar-refractivity contribution is 5.75. The number of likely N-dealkylation sites (tertiary alicyclic amines) is 1. The lowest BCUT2D eigenvalue weighted by atomic mass is 10.1. The predicted molar refractivity (Wildman–Crippen MR) is 68.3 cm³/mol. The minimum absolute atomic E-state index is 0.228. The number of hydrogen-bond acceptors (Lipinski definition) is 4. The third-order valence-electron chi connectivity index (χ3n) is 3.19. The van der Waals surface area contributed by atoms with E-state index in [2.05, 4.69) is 4.74 Å². The molecule has 1 aromatic carbocycles. The second-order valence-electron chi connectivity index (χ2n) is 4.49. The Kier molecular flexibility index (Phi) is 4.39. The smallest absolute Gasteiger partial charge is 0.410 e. The van der Waals surface area contributed by atoms with Crippen molar-refractivity contribution in [3.63, 3.8) is 0 Å². The standard InChI is InChI=1S/C14H17NO4/c1-18-13(16)12-7-8-15(9-12)14(17)19-10-11-5-3-2-4-6-11/h2-6,12H,7-10H2,1H3/t12-/m0/s1. The van der Waals surface area contributed by atoms with Crippen LogP contribution in [0.25, 0.3) is 0 Å². The Hall–Kier alpha value is -2.04. The number of hydrogen-bond donors (Lipinski definition) is 0. The minimum Gasteiger partial charge on any atom is -0.469 e. The number of rotatable bonds is 3. The topological polar surface area (TPSA) is 55.8 Å². The maximum atomic E-state index is 11.8. The molecular formula is C14H17NO4. The molecule has 0 bridgehead atoms. The van der Waals surface area contributed by atoms with Gasteiger partial charge in [0.2, 0.25) is 0 Å². The Morgan fingerprint density at radius 1 is 1.32 bits per heavy atom. The normalized spacial score (nSPS) is 18.2. The molecule has 1 saturated heterocycles. The van der Waals surface area contributed by atoms with Gasteiger partial charge in [-0.05, 0) is 12.0 Å². The molecule has 5 nitrogen and oxygen atoms in total. The molecule has 2 rings (SSSR count). The molecule has 5 heteroatoms. The van der Waals surface area contributed by atoms with E-state index in [1.54, 1.807) is 4.90 Å². The first-order chi connectivity index (χ1) is 9.20. The zero-order chi connectivity index (χ0) is 13.7. The van der Waals surface area contributed by atoms with E-state index in [0.29, 0.717) is 19.5 Å². The second kappa shape index (κ2) is 6.22. The summed E-state index contributed by atoms with van der Waals surface area (Å²) in [5.74, 6) is -0.493. The Bertz CT molecular complexity index is 446. The van der Waals surface area contributed by atoms with E-state index in [9.17, 15) is 9.59 Å². The molecule has 0 aliphatic carbocycles. The number of ether oxygens (including phenoxy) is 2. The minimum atomic E-state index is -0.379. The van der Waals surface area contributed by atoms with Gasteiger partial charge in [0, 0.05) is 13.1 Å². The molecule has 1 fully saturated rings. The molecule has 19 heavy (non-hydrogen) atoms. The lowest BCUT2D eigenvalue weighted by molar-refractivity contribution is -0.144. The zero-order valence-electron chi connectivity index (χ0n) is 10.9. The first-order valence-corrected chi connectivity index (χ1v) is 6.24. The van der Waals surface area contributed by atoms with Crippen LogP contribution in [-0.4, -0.2) is 37.2 Å². The molecule has 0 saturated carbocycles. The SMILES string of the molecule is COC(=O)[C@H]1CCN(C(=O)OCc2ccccc2)C1. The molecular weight excluding hydrogens is 246 g/mol. The molecule has 0 N–H and O–H groups in total. The Labute approximate surface area is 112 Å². The number of esters is 1. The van der Waals surface area contributed by atoms with Crippen molar-refractivity contribution >= 4 is 12.1 Å². The van der Waals surface area contributed by atoms with Gasteiger partial charge in [-0.15, -0.1) is 0 Å². The summed E-state index contributed by atoms with van der Waals surface area (Å²) in [5, 5.41) is 0. The van der Waals surface area contributed by atoms with Crippen LogP contribution < -0.4 is 0 Å². The van der Waals surface area contributed by atoms with Crippen LogP contribution in [0.1, 0.15) is 12.0 Å². The Balaban J connectivity index is 1.80. The van der Waals surface area contributed by atoms with Crippen molar-refractivity contribution in [2.45, 2.75) is 13.0 Å². The van der Waals surface area contributed by atoms with Gasteiger partial charge in [-0.1, -0.05) is 30.3 Å². The van der Waals surface area contributed by atoms with Crippen LogP contribution in [0.4, 0.5) is 4.79 Å². The summed E-state index contributed by atoms with van der Waals surface area (Å²) in [6, 6.07) is 9.49. The van der Waals surface area contributed by atoms with Crippen molar-refractivity contribution in [1.29, 1.82) is 0 Å². The molecule has 0 spiro atoms. The summed E-state index contributed by atoms with van der Waals surface area (Å²) in [7, 11) is 1.36. The summed E-state index contributed by atoms with van der Waals surface area (Å²) >= 11 is 0. The van der Waals surface area contributed by atoms with Crippen LogP contribution in [0, 0.1) is 5.92 Å². The Morgan fingerprint density at radius 2 is 2.05 bits per heavy atom.